The van der Waals surface area contributed by atoms with Crippen molar-refractivity contribution in [3.63, 3.8) is 0 Å². The number of nitrogens with zero attached hydrogens (tertiary/aromatic N) is 2. The normalized spacial score (nSPS) is 11.2. The molecule has 0 aliphatic carbocycles. The largest absolute Gasteiger partial charge is 0.494 e. The molecule has 0 saturated carbocycles. The SMILES string of the molecule is CCCS(=O)(=O)c1ncc(Cl)c(C(=O)Nc2ccc(OCC)cc2)n1. The highest BCUT2D eigenvalue weighted by Gasteiger charge is 2.21. The lowest BCUT2D eigenvalue weighted by atomic mass is 10.3. The van der Waals surface area contributed by atoms with E-state index in [4.69, 9.17) is 16.3 Å². The van der Waals surface area contributed by atoms with E-state index in [0.717, 1.165) is 6.20 Å². The molecule has 2 rings (SSSR count). The van der Waals surface area contributed by atoms with Gasteiger partial charge in [-0.15, -0.1) is 0 Å². The summed E-state index contributed by atoms with van der Waals surface area (Å²) >= 11 is 5.95. The molecule has 0 saturated heterocycles. The molecule has 0 bridgehead atoms. The summed E-state index contributed by atoms with van der Waals surface area (Å²) in [5.41, 5.74) is 0.307. The monoisotopic (exact) mass is 383 g/mol. The van der Waals surface area contributed by atoms with Crippen molar-refractivity contribution in [3.05, 3.63) is 41.2 Å². The molecule has 0 aliphatic heterocycles. The predicted octanol–water partition coefficient (Wildman–Crippen LogP) is 2.96. The summed E-state index contributed by atoms with van der Waals surface area (Å²) in [6, 6.07) is 6.73. The molecule has 134 valence electrons. The lowest BCUT2D eigenvalue weighted by Crippen LogP contribution is -2.18. The Morgan fingerprint density at radius 3 is 2.52 bits per heavy atom. The fourth-order valence-electron chi connectivity index (χ4n) is 2.01. The van der Waals surface area contributed by atoms with E-state index in [9.17, 15) is 13.2 Å². The molecular formula is C16H18ClN3O4S. The van der Waals surface area contributed by atoms with Crippen molar-refractivity contribution in [2.75, 3.05) is 17.7 Å². The molecule has 0 fully saturated rings. The van der Waals surface area contributed by atoms with E-state index in [1.54, 1.807) is 31.2 Å². The number of aromatic nitrogens is 2. The smallest absolute Gasteiger partial charge is 0.275 e. The minimum absolute atomic E-state index is 0.0288. The second-order valence-corrected chi connectivity index (χ2v) is 7.49. The summed E-state index contributed by atoms with van der Waals surface area (Å²) < 4.78 is 29.4. The number of hydrogen-bond donors (Lipinski definition) is 1. The van der Waals surface area contributed by atoms with E-state index in [0.29, 0.717) is 24.5 Å². The van der Waals surface area contributed by atoms with E-state index >= 15 is 0 Å². The third-order valence-corrected chi connectivity index (χ3v) is 5.09. The van der Waals surface area contributed by atoms with Crippen LogP contribution in [0.5, 0.6) is 5.75 Å². The molecule has 9 heteroatoms. The van der Waals surface area contributed by atoms with Crippen LogP contribution in [0.4, 0.5) is 5.69 Å². The van der Waals surface area contributed by atoms with E-state index in [1.807, 2.05) is 6.92 Å². The van der Waals surface area contributed by atoms with Crippen molar-refractivity contribution in [3.8, 4) is 5.75 Å². The molecule has 0 spiro atoms. The number of benzene rings is 1. The van der Waals surface area contributed by atoms with Gasteiger partial charge < -0.3 is 10.1 Å². The summed E-state index contributed by atoms with van der Waals surface area (Å²) in [5, 5.41) is 2.18. The molecule has 2 aromatic rings. The Kier molecular flexibility index (Phi) is 6.33. The van der Waals surface area contributed by atoms with Gasteiger partial charge in [-0.05, 0) is 37.6 Å². The predicted molar refractivity (Wildman–Crippen MR) is 95.0 cm³/mol. The average molecular weight is 384 g/mol. The van der Waals surface area contributed by atoms with Crippen molar-refractivity contribution in [1.82, 2.24) is 9.97 Å². The molecule has 1 N–H and O–H groups in total. The van der Waals surface area contributed by atoms with Crippen LogP contribution >= 0.6 is 11.6 Å². The Balaban J connectivity index is 2.23. The Hall–Kier alpha value is -2.19. The van der Waals surface area contributed by atoms with Gasteiger partial charge in [-0.25, -0.2) is 18.4 Å². The van der Waals surface area contributed by atoms with Crippen LogP contribution < -0.4 is 10.1 Å². The Morgan fingerprint density at radius 1 is 1.24 bits per heavy atom. The molecule has 1 aromatic heterocycles. The zero-order chi connectivity index (χ0) is 18.4. The highest BCUT2D eigenvalue weighted by molar-refractivity contribution is 7.91. The highest BCUT2D eigenvalue weighted by Crippen LogP contribution is 2.19. The zero-order valence-electron chi connectivity index (χ0n) is 13.8. The number of nitrogens with one attached hydrogen (secondary N) is 1. The van der Waals surface area contributed by atoms with Gasteiger partial charge in [0, 0.05) is 5.69 Å². The number of halogens is 1. The Labute approximate surface area is 151 Å². The van der Waals surface area contributed by atoms with Gasteiger partial charge in [0.05, 0.1) is 23.6 Å². The summed E-state index contributed by atoms with van der Waals surface area (Å²) in [5.74, 6) is -0.0489. The first kappa shape index (κ1) is 19.1. The summed E-state index contributed by atoms with van der Waals surface area (Å²) in [7, 11) is -3.65. The maximum Gasteiger partial charge on any atom is 0.275 e. The van der Waals surface area contributed by atoms with Gasteiger partial charge in [0.15, 0.2) is 5.69 Å². The molecule has 1 amide bonds. The van der Waals surface area contributed by atoms with Crippen LogP contribution in [0, 0.1) is 0 Å². The Morgan fingerprint density at radius 2 is 1.92 bits per heavy atom. The van der Waals surface area contributed by atoms with Crippen LogP contribution in [0.1, 0.15) is 30.8 Å². The van der Waals surface area contributed by atoms with Gasteiger partial charge in [0.2, 0.25) is 15.0 Å². The first-order chi connectivity index (χ1) is 11.9. The molecule has 0 radical (unpaired) electrons. The van der Waals surface area contributed by atoms with Crippen LogP contribution in [0.15, 0.2) is 35.6 Å². The first-order valence-electron chi connectivity index (χ1n) is 7.67. The molecule has 25 heavy (non-hydrogen) atoms. The quantitative estimate of drug-likeness (QED) is 0.738. The van der Waals surface area contributed by atoms with Crippen LogP contribution in [-0.4, -0.2) is 36.7 Å². The summed E-state index contributed by atoms with van der Waals surface area (Å²) in [4.78, 5) is 19.9. The van der Waals surface area contributed by atoms with E-state index in [-0.39, 0.29) is 16.5 Å². The van der Waals surface area contributed by atoms with Crippen molar-refractivity contribution in [2.24, 2.45) is 0 Å². The minimum atomic E-state index is -3.65. The number of sulfone groups is 1. The number of carbonyl (C=O) groups excluding carboxylic acids is 1. The minimum Gasteiger partial charge on any atom is -0.494 e. The molecule has 0 unspecified atom stereocenters. The van der Waals surface area contributed by atoms with E-state index < -0.39 is 20.9 Å². The third-order valence-electron chi connectivity index (χ3n) is 3.11. The summed E-state index contributed by atoms with van der Waals surface area (Å²) in [6.45, 7) is 4.14. The maximum absolute atomic E-state index is 12.4. The lowest BCUT2D eigenvalue weighted by Gasteiger charge is -2.09. The third kappa shape index (κ3) is 4.90. The van der Waals surface area contributed by atoms with Crippen LogP contribution in [0.25, 0.3) is 0 Å². The first-order valence-corrected chi connectivity index (χ1v) is 9.70. The average Bonchev–Trinajstić information content (AvgIpc) is 2.57. The van der Waals surface area contributed by atoms with Crippen LogP contribution in [0.2, 0.25) is 5.02 Å². The molecule has 7 nitrogen and oxygen atoms in total. The van der Waals surface area contributed by atoms with Gasteiger partial charge in [-0.3, -0.25) is 4.79 Å². The number of ether oxygens (including phenoxy) is 1. The van der Waals surface area contributed by atoms with Crippen molar-refractivity contribution < 1.29 is 17.9 Å². The topological polar surface area (TPSA) is 98.2 Å². The zero-order valence-corrected chi connectivity index (χ0v) is 15.4. The Bertz CT molecular complexity index is 854. The van der Waals surface area contributed by atoms with Gasteiger partial charge in [-0.1, -0.05) is 18.5 Å². The fraction of sp³-hybridized carbons (Fsp3) is 0.312. The van der Waals surface area contributed by atoms with E-state index in [2.05, 4.69) is 15.3 Å². The van der Waals surface area contributed by atoms with Crippen LogP contribution in [0.3, 0.4) is 0 Å². The molecule has 1 heterocycles. The number of carbonyl (C=O) groups is 1. The maximum atomic E-state index is 12.4. The standard InChI is InChI=1S/C16H18ClN3O4S/c1-3-9-25(22,23)16-18-10-13(17)14(20-16)15(21)19-11-5-7-12(8-6-11)24-4-2/h5-8,10H,3-4,9H2,1-2H3,(H,19,21). The second-order valence-electron chi connectivity index (χ2n) is 5.08. The molecule has 0 atom stereocenters. The molecule has 1 aromatic carbocycles. The van der Waals surface area contributed by atoms with Crippen molar-refractivity contribution in [2.45, 2.75) is 25.4 Å². The number of hydrogen-bond acceptors (Lipinski definition) is 6. The van der Waals surface area contributed by atoms with E-state index in [1.165, 1.54) is 0 Å². The highest BCUT2D eigenvalue weighted by atomic mass is 35.5. The number of amides is 1. The van der Waals surface area contributed by atoms with Gasteiger partial charge in [0.1, 0.15) is 5.75 Å². The van der Waals surface area contributed by atoms with Gasteiger partial charge in [0.25, 0.3) is 5.91 Å². The molecular weight excluding hydrogens is 366 g/mol. The number of rotatable bonds is 7. The fourth-order valence-corrected chi connectivity index (χ4v) is 3.35. The van der Waals surface area contributed by atoms with Gasteiger partial charge >= 0.3 is 0 Å². The summed E-state index contributed by atoms with van der Waals surface area (Å²) in [6.07, 6.45) is 1.53. The number of anilines is 1. The lowest BCUT2D eigenvalue weighted by molar-refractivity contribution is 0.102. The molecule has 0 aliphatic rings. The van der Waals surface area contributed by atoms with Crippen LogP contribution in [-0.2, 0) is 9.84 Å². The van der Waals surface area contributed by atoms with Crippen molar-refractivity contribution >= 4 is 33.0 Å². The van der Waals surface area contributed by atoms with Gasteiger partial charge in [-0.2, -0.15) is 0 Å². The second kappa shape index (κ2) is 8.26. The van der Waals surface area contributed by atoms with Crippen molar-refractivity contribution in [1.29, 1.82) is 0 Å².